The third kappa shape index (κ3) is 3.41. The maximum Gasteiger partial charge on any atom is 0.128 e. The van der Waals surface area contributed by atoms with Crippen LogP contribution in [0.1, 0.15) is 44.4 Å². The largest absolute Gasteiger partial charge is 0.487 e. The molecule has 0 amide bonds. The lowest BCUT2D eigenvalue weighted by molar-refractivity contribution is 0.136. The molecule has 1 aliphatic heterocycles. The lowest BCUT2D eigenvalue weighted by atomic mass is 9.98. The van der Waals surface area contributed by atoms with Crippen LogP contribution in [0.3, 0.4) is 0 Å². The van der Waals surface area contributed by atoms with Gasteiger partial charge < -0.3 is 15.8 Å². The average Bonchev–Trinajstić information content (AvgIpc) is 2.73. The van der Waals surface area contributed by atoms with Gasteiger partial charge in [-0.2, -0.15) is 0 Å². The summed E-state index contributed by atoms with van der Waals surface area (Å²) in [5, 5.41) is 3.52. The predicted octanol–water partition coefficient (Wildman–Crippen LogP) is 2.96. The summed E-state index contributed by atoms with van der Waals surface area (Å²) in [5.74, 6) is 1.03. The lowest BCUT2D eigenvalue weighted by Crippen LogP contribution is -2.30. The van der Waals surface area contributed by atoms with E-state index >= 15 is 0 Å². The molecule has 3 N–H and O–H groups in total. The van der Waals surface area contributed by atoms with Gasteiger partial charge in [-0.25, -0.2) is 0 Å². The van der Waals surface area contributed by atoms with Crippen LogP contribution in [0.4, 0.5) is 0 Å². The van der Waals surface area contributed by atoms with Gasteiger partial charge in [0.1, 0.15) is 11.4 Å². The van der Waals surface area contributed by atoms with Gasteiger partial charge in [0.25, 0.3) is 0 Å². The van der Waals surface area contributed by atoms with Crippen molar-refractivity contribution in [2.24, 2.45) is 5.73 Å². The third-order valence-electron chi connectivity index (χ3n) is 3.67. The van der Waals surface area contributed by atoms with Gasteiger partial charge in [0.2, 0.25) is 0 Å². The molecule has 0 saturated heterocycles. The quantitative estimate of drug-likeness (QED) is 0.619. The summed E-state index contributed by atoms with van der Waals surface area (Å²) in [4.78, 5) is 0. The van der Waals surface area contributed by atoms with Crippen LogP contribution >= 0.6 is 0 Å². The minimum Gasteiger partial charge on any atom is -0.487 e. The van der Waals surface area contributed by atoms with Crippen molar-refractivity contribution in [1.82, 2.24) is 5.32 Å². The molecular formula is C17H26N2O. The highest BCUT2D eigenvalue weighted by Crippen LogP contribution is 2.39. The number of allylic oxidation sites excluding steroid dienone is 1. The molecule has 1 heterocycles. The first-order chi connectivity index (χ1) is 9.57. The van der Waals surface area contributed by atoms with Crippen LogP contribution in [-0.2, 0) is 6.42 Å². The molecule has 0 radical (unpaired) electrons. The zero-order chi connectivity index (χ0) is 14.6. The van der Waals surface area contributed by atoms with Gasteiger partial charge in [0, 0.05) is 24.6 Å². The van der Waals surface area contributed by atoms with Crippen LogP contribution in [0.2, 0.25) is 0 Å². The standard InChI is InChI=1S/C17H26N2O/c1-4-5-6-10-19-15(12-18)14-9-7-8-13-11-17(2,3)20-16(13)14/h4-5,7-9,15,19H,6,10-12,18H2,1-3H3/b5-4+. The first-order valence-electron chi connectivity index (χ1n) is 7.43. The second kappa shape index (κ2) is 6.42. The Balaban J connectivity index is 2.13. The monoisotopic (exact) mass is 274 g/mol. The topological polar surface area (TPSA) is 47.3 Å². The molecule has 1 aliphatic rings. The number of rotatable bonds is 6. The van der Waals surface area contributed by atoms with Crippen molar-refractivity contribution >= 4 is 0 Å². The highest BCUT2D eigenvalue weighted by Gasteiger charge is 2.32. The Kier molecular flexibility index (Phi) is 4.84. The fourth-order valence-corrected chi connectivity index (χ4v) is 2.74. The summed E-state index contributed by atoms with van der Waals surface area (Å²) in [6.45, 7) is 7.82. The predicted molar refractivity (Wildman–Crippen MR) is 84.1 cm³/mol. The fraction of sp³-hybridized carbons (Fsp3) is 0.529. The van der Waals surface area contributed by atoms with Gasteiger partial charge in [0.15, 0.2) is 0 Å². The maximum atomic E-state index is 6.13. The molecule has 110 valence electrons. The Labute approximate surface area is 122 Å². The van der Waals surface area contributed by atoms with Crippen molar-refractivity contribution in [2.75, 3.05) is 13.1 Å². The molecule has 0 bridgehead atoms. The highest BCUT2D eigenvalue weighted by atomic mass is 16.5. The second-order valence-electron chi connectivity index (χ2n) is 5.97. The van der Waals surface area contributed by atoms with Crippen molar-refractivity contribution in [1.29, 1.82) is 0 Å². The Morgan fingerprint density at radius 2 is 2.25 bits per heavy atom. The van der Waals surface area contributed by atoms with E-state index in [4.69, 9.17) is 10.5 Å². The number of ether oxygens (including phenoxy) is 1. The molecular weight excluding hydrogens is 248 g/mol. The molecule has 1 aromatic carbocycles. The first-order valence-corrected chi connectivity index (χ1v) is 7.43. The molecule has 3 heteroatoms. The van der Waals surface area contributed by atoms with E-state index in [1.807, 2.05) is 6.92 Å². The van der Waals surface area contributed by atoms with Crippen LogP contribution in [0.25, 0.3) is 0 Å². The van der Waals surface area contributed by atoms with E-state index in [1.165, 1.54) is 11.1 Å². The smallest absolute Gasteiger partial charge is 0.128 e. The van der Waals surface area contributed by atoms with E-state index in [2.05, 4.69) is 49.5 Å². The Morgan fingerprint density at radius 1 is 1.45 bits per heavy atom. The normalized spacial score (nSPS) is 18.0. The van der Waals surface area contributed by atoms with Crippen molar-refractivity contribution in [3.63, 3.8) is 0 Å². The number of benzene rings is 1. The van der Waals surface area contributed by atoms with Gasteiger partial charge in [-0.05, 0) is 39.3 Å². The van der Waals surface area contributed by atoms with E-state index in [1.54, 1.807) is 0 Å². The molecule has 1 unspecified atom stereocenters. The summed E-state index contributed by atoms with van der Waals surface area (Å²) in [6, 6.07) is 6.54. The first kappa shape index (κ1) is 15.1. The third-order valence-corrected chi connectivity index (χ3v) is 3.67. The number of hydrogen-bond donors (Lipinski definition) is 2. The molecule has 0 aromatic heterocycles. The van der Waals surface area contributed by atoms with Crippen molar-refractivity contribution < 1.29 is 4.74 Å². The summed E-state index contributed by atoms with van der Waals surface area (Å²) in [6.07, 6.45) is 6.22. The Morgan fingerprint density at radius 3 is 2.95 bits per heavy atom. The van der Waals surface area contributed by atoms with E-state index < -0.39 is 0 Å². The molecule has 20 heavy (non-hydrogen) atoms. The molecule has 0 spiro atoms. The minimum absolute atomic E-state index is 0.109. The summed E-state index contributed by atoms with van der Waals surface area (Å²) in [5.41, 5.74) is 8.32. The number of nitrogens with two attached hydrogens (primary N) is 1. The minimum atomic E-state index is -0.109. The van der Waals surface area contributed by atoms with Gasteiger partial charge in [-0.1, -0.05) is 30.4 Å². The molecule has 1 aromatic rings. The van der Waals surface area contributed by atoms with Crippen LogP contribution in [0.15, 0.2) is 30.4 Å². The number of nitrogens with one attached hydrogen (secondary N) is 1. The van der Waals surface area contributed by atoms with Crippen LogP contribution in [0.5, 0.6) is 5.75 Å². The van der Waals surface area contributed by atoms with Crippen LogP contribution in [0, 0.1) is 0 Å². The van der Waals surface area contributed by atoms with Gasteiger partial charge in [-0.15, -0.1) is 0 Å². The molecule has 0 saturated carbocycles. The fourth-order valence-electron chi connectivity index (χ4n) is 2.74. The Hall–Kier alpha value is -1.32. The van der Waals surface area contributed by atoms with Crippen LogP contribution < -0.4 is 15.8 Å². The summed E-state index contributed by atoms with van der Waals surface area (Å²) in [7, 11) is 0. The SMILES string of the molecule is C/C=C/CCNC(CN)c1cccc2c1OC(C)(C)C2. The van der Waals surface area contributed by atoms with E-state index in [0.717, 1.165) is 25.1 Å². The average molecular weight is 274 g/mol. The number of fused-ring (bicyclic) bond motifs is 1. The van der Waals surface area contributed by atoms with Crippen molar-refractivity contribution in [3.8, 4) is 5.75 Å². The number of hydrogen-bond acceptors (Lipinski definition) is 3. The number of para-hydroxylation sites is 1. The summed E-state index contributed by atoms with van der Waals surface area (Å²) >= 11 is 0. The molecule has 1 atom stereocenters. The molecule has 2 rings (SSSR count). The molecule has 0 fully saturated rings. The Bertz CT molecular complexity index is 480. The van der Waals surface area contributed by atoms with Gasteiger partial charge in [-0.3, -0.25) is 0 Å². The van der Waals surface area contributed by atoms with Crippen molar-refractivity contribution in [3.05, 3.63) is 41.5 Å². The molecule has 3 nitrogen and oxygen atoms in total. The zero-order valence-corrected chi connectivity index (χ0v) is 12.8. The van der Waals surface area contributed by atoms with E-state index in [9.17, 15) is 0 Å². The summed E-state index contributed by atoms with van der Waals surface area (Å²) < 4.78 is 6.13. The zero-order valence-electron chi connectivity index (χ0n) is 12.8. The lowest BCUT2D eigenvalue weighted by Gasteiger charge is -2.22. The highest BCUT2D eigenvalue weighted by molar-refractivity contribution is 5.47. The van der Waals surface area contributed by atoms with Gasteiger partial charge >= 0.3 is 0 Å². The van der Waals surface area contributed by atoms with Crippen molar-refractivity contribution in [2.45, 2.75) is 45.3 Å². The molecule has 0 aliphatic carbocycles. The van der Waals surface area contributed by atoms with Crippen LogP contribution in [-0.4, -0.2) is 18.7 Å². The maximum absolute atomic E-state index is 6.13. The second-order valence-corrected chi connectivity index (χ2v) is 5.97. The van der Waals surface area contributed by atoms with E-state index in [-0.39, 0.29) is 11.6 Å². The van der Waals surface area contributed by atoms with E-state index in [0.29, 0.717) is 6.54 Å². The van der Waals surface area contributed by atoms with Gasteiger partial charge in [0.05, 0.1) is 0 Å².